The van der Waals surface area contributed by atoms with E-state index in [0.717, 1.165) is 12.8 Å². The van der Waals surface area contributed by atoms with E-state index in [4.69, 9.17) is 11.5 Å². The van der Waals surface area contributed by atoms with Crippen LogP contribution in [0.15, 0.2) is 17.5 Å². The zero-order chi connectivity index (χ0) is 8.81. The highest BCUT2D eigenvalue weighted by Crippen LogP contribution is 2.13. The molecule has 1 aromatic heterocycles. The molecule has 0 amide bonds. The standard InChI is InChI=1S/C9H16N2S/c10-6-8(7-11)3-4-9-2-1-5-12-9/h1-2,5,8H,3-4,6-7,10-11H2. The van der Waals surface area contributed by atoms with Gasteiger partial charge in [-0.2, -0.15) is 0 Å². The summed E-state index contributed by atoms with van der Waals surface area (Å²) in [7, 11) is 0. The lowest BCUT2D eigenvalue weighted by Gasteiger charge is -2.09. The van der Waals surface area contributed by atoms with Crippen LogP contribution in [-0.2, 0) is 6.42 Å². The Balaban J connectivity index is 2.25. The maximum atomic E-state index is 5.55. The van der Waals surface area contributed by atoms with Gasteiger partial charge in [0.15, 0.2) is 0 Å². The topological polar surface area (TPSA) is 52.0 Å². The van der Waals surface area contributed by atoms with Crippen LogP contribution in [0.4, 0.5) is 0 Å². The van der Waals surface area contributed by atoms with E-state index in [-0.39, 0.29) is 0 Å². The van der Waals surface area contributed by atoms with Crippen LogP contribution in [0.5, 0.6) is 0 Å². The van der Waals surface area contributed by atoms with Gasteiger partial charge in [0.25, 0.3) is 0 Å². The van der Waals surface area contributed by atoms with Crippen LogP contribution in [-0.4, -0.2) is 13.1 Å². The second-order valence-electron chi connectivity index (χ2n) is 2.96. The van der Waals surface area contributed by atoms with E-state index in [2.05, 4.69) is 17.5 Å². The van der Waals surface area contributed by atoms with Crippen molar-refractivity contribution in [2.75, 3.05) is 13.1 Å². The average molecular weight is 184 g/mol. The Bertz CT molecular complexity index is 192. The van der Waals surface area contributed by atoms with Gasteiger partial charge in [0.2, 0.25) is 0 Å². The van der Waals surface area contributed by atoms with Gasteiger partial charge in [-0.25, -0.2) is 0 Å². The van der Waals surface area contributed by atoms with E-state index in [0.29, 0.717) is 19.0 Å². The zero-order valence-electron chi connectivity index (χ0n) is 7.20. The Morgan fingerprint density at radius 1 is 1.33 bits per heavy atom. The normalized spacial score (nSPS) is 10.9. The summed E-state index contributed by atoms with van der Waals surface area (Å²) >= 11 is 1.80. The summed E-state index contributed by atoms with van der Waals surface area (Å²) in [6, 6.07) is 4.24. The molecule has 1 rings (SSSR count). The van der Waals surface area contributed by atoms with E-state index in [1.54, 1.807) is 11.3 Å². The lowest BCUT2D eigenvalue weighted by atomic mass is 10.0. The van der Waals surface area contributed by atoms with Crippen LogP contribution in [0.1, 0.15) is 11.3 Å². The van der Waals surface area contributed by atoms with Gasteiger partial charge in [0.05, 0.1) is 0 Å². The molecule has 0 spiro atoms. The zero-order valence-corrected chi connectivity index (χ0v) is 8.02. The largest absolute Gasteiger partial charge is 0.330 e. The molecule has 0 aliphatic rings. The molecular formula is C9H16N2S. The van der Waals surface area contributed by atoms with Gasteiger partial charge in [-0.1, -0.05) is 6.07 Å². The summed E-state index contributed by atoms with van der Waals surface area (Å²) in [5.41, 5.74) is 11.1. The van der Waals surface area contributed by atoms with Crippen molar-refractivity contribution in [1.29, 1.82) is 0 Å². The third-order valence-electron chi connectivity index (χ3n) is 2.05. The minimum absolute atomic E-state index is 0.493. The molecule has 3 heteroatoms. The van der Waals surface area contributed by atoms with E-state index in [1.807, 2.05) is 0 Å². The maximum absolute atomic E-state index is 5.55. The second-order valence-corrected chi connectivity index (χ2v) is 3.99. The SMILES string of the molecule is NCC(CN)CCc1cccs1. The Morgan fingerprint density at radius 3 is 2.58 bits per heavy atom. The molecular weight excluding hydrogens is 168 g/mol. The molecule has 0 saturated carbocycles. The molecule has 0 aromatic carbocycles. The highest BCUT2D eigenvalue weighted by atomic mass is 32.1. The Labute approximate surface area is 77.6 Å². The van der Waals surface area contributed by atoms with E-state index >= 15 is 0 Å². The molecule has 0 unspecified atom stereocenters. The number of hydrogen-bond acceptors (Lipinski definition) is 3. The van der Waals surface area contributed by atoms with Crippen molar-refractivity contribution >= 4 is 11.3 Å². The first-order valence-electron chi connectivity index (χ1n) is 4.29. The summed E-state index contributed by atoms with van der Waals surface area (Å²) < 4.78 is 0. The quantitative estimate of drug-likeness (QED) is 0.723. The third-order valence-corrected chi connectivity index (χ3v) is 2.98. The third kappa shape index (κ3) is 2.93. The summed E-state index contributed by atoms with van der Waals surface area (Å²) in [6.45, 7) is 1.42. The van der Waals surface area contributed by atoms with E-state index in [1.165, 1.54) is 4.88 Å². The molecule has 0 atom stereocenters. The van der Waals surface area contributed by atoms with Crippen molar-refractivity contribution in [2.45, 2.75) is 12.8 Å². The summed E-state index contributed by atoms with van der Waals surface area (Å²) in [4.78, 5) is 1.43. The molecule has 1 aromatic rings. The van der Waals surface area contributed by atoms with Gasteiger partial charge >= 0.3 is 0 Å². The summed E-state index contributed by atoms with van der Waals surface area (Å²) in [6.07, 6.45) is 2.24. The molecule has 0 aliphatic heterocycles. The number of rotatable bonds is 5. The average Bonchev–Trinajstić information content (AvgIpc) is 2.59. The van der Waals surface area contributed by atoms with Gasteiger partial charge < -0.3 is 11.5 Å². The Kier molecular flexibility index (Phi) is 4.29. The first-order valence-corrected chi connectivity index (χ1v) is 5.17. The van der Waals surface area contributed by atoms with Crippen LogP contribution in [0, 0.1) is 5.92 Å². The second kappa shape index (κ2) is 5.30. The molecule has 0 saturated heterocycles. The predicted octanol–water partition coefficient (Wildman–Crippen LogP) is 1.21. The van der Waals surface area contributed by atoms with Crippen LogP contribution in [0.2, 0.25) is 0 Å². The molecule has 68 valence electrons. The highest BCUT2D eigenvalue weighted by molar-refractivity contribution is 7.09. The van der Waals surface area contributed by atoms with Gasteiger partial charge in [-0.05, 0) is 43.3 Å². The highest BCUT2D eigenvalue weighted by Gasteiger charge is 2.04. The summed E-state index contributed by atoms with van der Waals surface area (Å²) in [5.74, 6) is 0.493. The molecule has 0 radical (unpaired) electrons. The number of thiophene rings is 1. The maximum Gasteiger partial charge on any atom is 0.00453 e. The number of nitrogens with two attached hydrogens (primary N) is 2. The molecule has 4 N–H and O–H groups in total. The minimum atomic E-state index is 0.493. The molecule has 2 nitrogen and oxygen atoms in total. The fourth-order valence-electron chi connectivity index (χ4n) is 1.13. The van der Waals surface area contributed by atoms with Gasteiger partial charge in [-0.15, -0.1) is 11.3 Å². The van der Waals surface area contributed by atoms with E-state index < -0.39 is 0 Å². The van der Waals surface area contributed by atoms with Crippen molar-refractivity contribution in [3.05, 3.63) is 22.4 Å². The predicted molar refractivity (Wildman–Crippen MR) is 54.2 cm³/mol. The van der Waals surface area contributed by atoms with Gasteiger partial charge in [0.1, 0.15) is 0 Å². The molecule has 0 aliphatic carbocycles. The van der Waals surface area contributed by atoms with Crippen LogP contribution >= 0.6 is 11.3 Å². The van der Waals surface area contributed by atoms with Crippen molar-refractivity contribution in [1.82, 2.24) is 0 Å². The molecule has 0 fully saturated rings. The van der Waals surface area contributed by atoms with Gasteiger partial charge in [0, 0.05) is 4.88 Å². The van der Waals surface area contributed by atoms with E-state index in [9.17, 15) is 0 Å². The first-order chi connectivity index (χ1) is 5.86. The Hall–Kier alpha value is -0.380. The van der Waals surface area contributed by atoms with Crippen LogP contribution < -0.4 is 11.5 Å². The first kappa shape index (κ1) is 9.71. The molecule has 1 heterocycles. The smallest absolute Gasteiger partial charge is 0.00453 e. The minimum Gasteiger partial charge on any atom is -0.330 e. The number of aryl methyl sites for hydroxylation is 1. The fraction of sp³-hybridized carbons (Fsp3) is 0.556. The number of hydrogen-bond donors (Lipinski definition) is 2. The summed E-state index contributed by atoms with van der Waals surface area (Å²) in [5, 5.41) is 2.11. The lowest BCUT2D eigenvalue weighted by Crippen LogP contribution is -2.23. The molecule has 0 bridgehead atoms. The Morgan fingerprint density at radius 2 is 2.08 bits per heavy atom. The van der Waals surface area contributed by atoms with Crippen molar-refractivity contribution in [2.24, 2.45) is 17.4 Å². The van der Waals surface area contributed by atoms with Gasteiger partial charge in [-0.3, -0.25) is 0 Å². The van der Waals surface area contributed by atoms with Crippen molar-refractivity contribution in [3.8, 4) is 0 Å². The van der Waals surface area contributed by atoms with Crippen LogP contribution in [0.25, 0.3) is 0 Å². The molecule has 12 heavy (non-hydrogen) atoms. The van der Waals surface area contributed by atoms with Crippen molar-refractivity contribution in [3.63, 3.8) is 0 Å². The van der Waals surface area contributed by atoms with Crippen molar-refractivity contribution < 1.29 is 0 Å². The van der Waals surface area contributed by atoms with Crippen LogP contribution in [0.3, 0.4) is 0 Å². The fourth-order valence-corrected chi connectivity index (χ4v) is 1.86. The lowest BCUT2D eigenvalue weighted by molar-refractivity contribution is 0.509. The monoisotopic (exact) mass is 184 g/mol.